The minimum absolute atomic E-state index is 0.164. The summed E-state index contributed by atoms with van der Waals surface area (Å²) in [6.07, 6.45) is 5.59. The highest BCUT2D eigenvalue weighted by molar-refractivity contribution is 5.79. The number of carbonyl (C=O) groups excluding carboxylic acids is 1. The zero-order chi connectivity index (χ0) is 17.2. The quantitative estimate of drug-likeness (QED) is 0.863. The Kier molecular flexibility index (Phi) is 4.49. The largest absolute Gasteiger partial charge is 0.368 e. The van der Waals surface area contributed by atoms with Crippen LogP contribution in [0.2, 0.25) is 0 Å². The van der Waals surface area contributed by atoms with Gasteiger partial charge in [0.05, 0.1) is 25.3 Å². The molecule has 2 heterocycles. The van der Waals surface area contributed by atoms with Gasteiger partial charge in [-0.05, 0) is 48.9 Å². The fourth-order valence-corrected chi connectivity index (χ4v) is 3.73. The molecule has 1 amide bonds. The molecule has 2 aromatic rings. The summed E-state index contributed by atoms with van der Waals surface area (Å²) in [7, 11) is 0. The Bertz CT molecular complexity index is 790. The summed E-state index contributed by atoms with van der Waals surface area (Å²) >= 11 is 0. The first-order chi connectivity index (χ1) is 12.2. The molecule has 1 saturated heterocycles. The maximum Gasteiger partial charge on any atom is 0.227 e. The van der Waals surface area contributed by atoms with Gasteiger partial charge in [-0.3, -0.25) is 4.79 Å². The van der Waals surface area contributed by atoms with E-state index in [0.717, 1.165) is 23.5 Å². The number of rotatable bonds is 3. The summed E-state index contributed by atoms with van der Waals surface area (Å²) in [4.78, 5) is 23.2. The lowest BCUT2D eigenvalue weighted by molar-refractivity contribution is -0.138. The molecule has 130 valence electrons. The van der Waals surface area contributed by atoms with Crippen molar-refractivity contribution in [2.75, 3.05) is 19.7 Å². The number of benzene rings is 1. The molecule has 0 N–H and O–H groups in total. The van der Waals surface area contributed by atoms with Gasteiger partial charge in [-0.15, -0.1) is 0 Å². The number of aromatic nitrogens is 2. The topological polar surface area (TPSA) is 55.3 Å². The minimum atomic E-state index is -0.167. The summed E-state index contributed by atoms with van der Waals surface area (Å²) in [5.41, 5.74) is 4.83. The summed E-state index contributed by atoms with van der Waals surface area (Å²) in [5.74, 6) is 0.889. The zero-order valence-corrected chi connectivity index (χ0v) is 14.6. The van der Waals surface area contributed by atoms with Crippen molar-refractivity contribution in [3.8, 4) is 0 Å². The van der Waals surface area contributed by atoms with Crippen molar-refractivity contribution in [2.45, 2.75) is 38.7 Å². The van der Waals surface area contributed by atoms with E-state index in [4.69, 9.17) is 4.74 Å². The van der Waals surface area contributed by atoms with Crippen molar-refractivity contribution in [1.29, 1.82) is 0 Å². The zero-order valence-electron chi connectivity index (χ0n) is 14.6. The number of amides is 1. The van der Waals surface area contributed by atoms with Gasteiger partial charge in [0, 0.05) is 12.7 Å². The average molecular weight is 337 g/mol. The van der Waals surface area contributed by atoms with E-state index in [9.17, 15) is 4.79 Å². The molecule has 0 unspecified atom stereocenters. The van der Waals surface area contributed by atoms with E-state index < -0.39 is 0 Å². The first-order valence-corrected chi connectivity index (χ1v) is 8.98. The molecule has 5 nitrogen and oxygen atoms in total. The normalized spacial score (nSPS) is 19.7. The second-order valence-corrected chi connectivity index (χ2v) is 6.86. The van der Waals surface area contributed by atoms with Crippen molar-refractivity contribution in [2.24, 2.45) is 0 Å². The lowest BCUT2D eigenvalue weighted by atomic mass is 10.0. The van der Waals surface area contributed by atoms with Crippen LogP contribution in [0.1, 0.15) is 40.7 Å². The van der Waals surface area contributed by atoms with E-state index in [0.29, 0.717) is 26.1 Å². The van der Waals surface area contributed by atoms with Gasteiger partial charge in [-0.25, -0.2) is 9.97 Å². The van der Waals surface area contributed by atoms with Crippen LogP contribution in [0.15, 0.2) is 30.5 Å². The molecule has 0 spiro atoms. The summed E-state index contributed by atoms with van der Waals surface area (Å²) in [6, 6.07) is 8.38. The van der Waals surface area contributed by atoms with Gasteiger partial charge in [-0.1, -0.05) is 18.2 Å². The van der Waals surface area contributed by atoms with Crippen LogP contribution in [0.4, 0.5) is 0 Å². The highest BCUT2D eigenvalue weighted by atomic mass is 16.5. The molecule has 1 aliphatic carbocycles. The van der Waals surface area contributed by atoms with Gasteiger partial charge in [0.15, 0.2) is 0 Å². The third-order valence-electron chi connectivity index (χ3n) is 5.06. The van der Waals surface area contributed by atoms with Crippen LogP contribution in [0, 0.1) is 6.92 Å². The number of hydrogen-bond donors (Lipinski definition) is 0. The number of nitrogens with zero attached hydrogens (tertiary/aromatic N) is 3. The van der Waals surface area contributed by atoms with Crippen LogP contribution >= 0.6 is 0 Å². The lowest BCUT2D eigenvalue weighted by Gasteiger charge is -2.32. The lowest BCUT2D eigenvalue weighted by Crippen LogP contribution is -2.43. The highest BCUT2D eigenvalue weighted by Gasteiger charge is 2.26. The van der Waals surface area contributed by atoms with Crippen molar-refractivity contribution < 1.29 is 9.53 Å². The van der Waals surface area contributed by atoms with E-state index in [-0.39, 0.29) is 12.0 Å². The third-order valence-corrected chi connectivity index (χ3v) is 5.06. The number of fused-ring (bicyclic) bond motifs is 1. The molecule has 1 aromatic heterocycles. The minimum Gasteiger partial charge on any atom is -0.368 e. The van der Waals surface area contributed by atoms with E-state index in [1.165, 1.54) is 24.0 Å². The van der Waals surface area contributed by atoms with Gasteiger partial charge in [0.2, 0.25) is 5.91 Å². The smallest absolute Gasteiger partial charge is 0.227 e. The van der Waals surface area contributed by atoms with Crippen LogP contribution < -0.4 is 0 Å². The molecule has 0 saturated carbocycles. The maximum atomic E-state index is 12.7. The van der Waals surface area contributed by atoms with Crippen molar-refractivity contribution in [3.63, 3.8) is 0 Å². The molecular weight excluding hydrogens is 314 g/mol. The van der Waals surface area contributed by atoms with Crippen LogP contribution in [0.25, 0.3) is 0 Å². The molecule has 4 rings (SSSR count). The summed E-state index contributed by atoms with van der Waals surface area (Å²) in [5, 5.41) is 0. The molecule has 1 aromatic carbocycles. The van der Waals surface area contributed by atoms with Crippen LogP contribution in [-0.4, -0.2) is 40.5 Å². The van der Waals surface area contributed by atoms with Gasteiger partial charge < -0.3 is 9.64 Å². The predicted molar refractivity (Wildman–Crippen MR) is 94.2 cm³/mol. The second-order valence-electron chi connectivity index (χ2n) is 6.86. The van der Waals surface area contributed by atoms with E-state index in [2.05, 4.69) is 28.2 Å². The molecular formula is C20H23N3O2. The number of aryl methyl sites for hydroxylation is 3. The standard InChI is InChI=1S/C20H23N3O2/c1-14-21-8-7-18(22-14)19-13-23(9-10-25-19)20(24)12-15-5-6-16-3-2-4-17(16)11-15/h5-8,11,19H,2-4,9-10,12-13H2,1H3/t19-/m0/s1. The molecule has 2 aliphatic rings. The Hall–Kier alpha value is -2.27. The average Bonchev–Trinajstić information content (AvgIpc) is 3.09. The van der Waals surface area contributed by atoms with Crippen molar-refractivity contribution in [1.82, 2.24) is 14.9 Å². The van der Waals surface area contributed by atoms with Crippen molar-refractivity contribution in [3.05, 3.63) is 58.7 Å². The Balaban J connectivity index is 1.43. The summed E-state index contributed by atoms with van der Waals surface area (Å²) in [6.45, 7) is 3.61. The fourth-order valence-electron chi connectivity index (χ4n) is 3.73. The third kappa shape index (κ3) is 3.56. The second kappa shape index (κ2) is 6.92. The first kappa shape index (κ1) is 16.2. The number of carbonyl (C=O) groups is 1. The molecule has 1 aliphatic heterocycles. The molecule has 0 radical (unpaired) electrons. The Morgan fingerprint density at radius 1 is 1.28 bits per heavy atom. The molecule has 0 bridgehead atoms. The van der Waals surface area contributed by atoms with E-state index in [1.807, 2.05) is 17.9 Å². The van der Waals surface area contributed by atoms with Gasteiger partial charge in [-0.2, -0.15) is 0 Å². The number of ether oxygens (including phenoxy) is 1. The fraction of sp³-hybridized carbons (Fsp3) is 0.450. The van der Waals surface area contributed by atoms with Crippen molar-refractivity contribution >= 4 is 5.91 Å². The first-order valence-electron chi connectivity index (χ1n) is 8.98. The molecule has 1 fully saturated rings. The van der Waals surface area contributed by atoms with E-state index >= 15 is 0 Å². The SMILES string of the molecule is Cc1nccc([C@@H]2CN(C(=O)Cc3ccc4c(c3)CCC4)CCO2)n1. The summed E-state index contributed by atoms with van der Waals surface area (Å²) < 4.78 is 5.83. The maximum absolute atomic E-state index is 12.7. The van der Waals surface area contributed by atoms with Gasteiger partial charge in [0.1, 0.15) is 11.9 Å². The van der Waals surface area contributed by atoms with Gasteiger partial charge in [0.25, 0.3) is 0 Å². The molecule has 25 heavy (non-hydrogen) atoms. The number of morpholine rings is 1. The van der Waals surface area contributed by atoms with Gasteiger partial charge >= 0.3 is 0 Å². The Morgan fingerprint density at radius 2 is 2.16 bits per heavy atom. The predicted octanol–water partition coefficient (Wildman–Crippen LogP) is 2.42. The number of hydrogen-bond acceptors (Lipinski definition) is 4. The Labute approximate surface area is 148 Å². The highest BCUT2D eigenvalue weighted by Crippen LogP contribution is 2.24. The molecule has 5 heteroatoms. The monoisotopic (exact) mass is 337 g/mol. The van der Waals surface area contributed by atoms with Crippen LogP contribution in [0.3, 0.4) is 0 Å². The van der Waals surface area contributed by atoms with E-state index in [1.54, 1.807) is 6.20 Å². The Morgan fingerprint density at radius 3 is 3.04 bits per heavy atom. The van der Waals surface area contributed by atoms with Crippen LogP contribution in [-0.2, 0) is 28.8 Å². The molecule has 1 atom stereocenters. The van der Waals surface area contributed by atoms with Crippen LogP contribution in [0.5, 0.6) is 0 Å².